The van der Waals surface area contributed by atoms with E-state index >= 15 is 0 Å². The Balaban J connectivity index is 2.01. The molecule has 0 amide bonds. The number of anilines is 2. The molecule has 1 aromatic heterocycles. The van der Waals surface area contributed by atoms with Crippen molar-refractivity contribution in [2.24, 2.45) is 5.92 Å². The van der Waals surface area contributed by atoms with Crippen molar-refractivity contribution in [3.8, 4) is 0 Å². The van der Waals surface area contributed by atoms with Gasteiger partial charge in [0.25, 0.3) is 0 Å². The maximum Gasteiger partial charge on any atom is 0.329 e. The Hall–Kier alpha value is -1.92. The van der Waals surface area contributed by atoms with Crippen LogP contribution in [0, 0.1) is 16.0 Å². The molecule has 1 aliphatic carbocycles. The van der Waals surface area contributed by atoms with E-state index in [1.165, 1.54) is 12.6 Å². The zero-order valence-electron chi connectivity index (χ0n) is 9.24. The molecule has 1 saturated heterocycles. The van der Waals surface area contributed by atoms with Crippen molar-refractivity contribution in [1.82, 2.24) is 9.97 Å². The number of fused-ring (bicyclic) bond motifs is 2. The standard InChI is InChI=1S/C10H13N5O2/c11-10-12-4-8(15(16)17)9(13-10)14-5-6-1-2-7(14)3-6/h4,6-7H,1-3,5H2,(H2,11,12,13). The van der Waals surface area contributed by atoms with E-state index in [2.05, 4.69) is 9.97 Å². The van der Waals surface area contributed by atoms with Gasteiger partial charge in [-0.2, -0.15) is 4.98 Å². The van der Waals surface area contributed by atoms with Crippen LogP contribution in [0.1, 0.15) is 19.3 Å². The molecule has 2 aliphatic rings. The summed E-state index contributed by atoms with van der Waals surface area (Å²) in [4.78, 5) is 20.3. The van der Waals surface area contributed by atoms with E-state index in [4.69, 9.17) is 5.73 Å². The smallest absolute Gasteiger partial charge is 0.329 e. The molecule has 2 fully saturated rings. The SMILES string of the molecule is Nc1ncc([N+](=O)[O-])c(N2CC3CCC2C3)n1. The lowest BCUT2D eigenvalue weighted by molar-refractivity contribution is -0.384. The van der Waals surface area contributed by atoms with Gasteiger partial charge in [-0.05, 0) is 25.2 Å². The molecule has 2 N–H and O–H groups in total. The van der Waals surface area contributed by atoms with Gasteiger partial charge in [-0.1, -0.05) is 0 Å². The van der Waals surface area contributed by atoms with E-state index in [0.717, 1.165) is 19.4 Å². The number of nitrogen functional groups attached to an aromatic ring is 1. The van der Waals surface area contributed by atoms with E-state index < -0.39 is 4.92 Å². The molecule has 2 heterocycles. The number of nitrogens with two attached hydrogens (primary N) is 1. The summed E-state index contributed by atoms with van der Waals surface area (Å²) in [6.45, 7) is 0.849. The minimum absolute atomic E-state index is 0.0493. The van der Waals surface area contributed by atoms with Crippen molar-refractivity contribution in [3.05, 3.63) is 16.3 Å². The maximum atomic E-state index is 11.0. The van der Waals surface area contributed by atoms with Gasteiger partial charge < -0.3 is 10.6 Å². The molecule has 1 aliphatic heterocycles. The van der Waals surface area contributed by atoms with Crippen molar-refractivity contribution in [2.45, 2.75) is 25.3 Å². The van der Waals surface area contributed by atoms with Gasteiger partial charge in [-0.15, -0.1) is 0 Å². The van der Waals surface area contributed by atoms with E-state index in [9.17, 15) is 10.1 Å². The van der Waals surface area contributed by atoms with Gasteiger partial charge in [-0.25, -0.2) is 4.98 Å². The second-order valence-corrected chi connectivity index (χ2v) is 4.68. The number of piperidine rings is 1. The van der Waals surface area contributed by atoms with Gasteiger partial charge in [0.1, 0.15) is 6.20 Å². The quantitative estimate of drug-likeness (QED) is 0.605. The molecule has 0 radical (unpaired) electrons. The first-order chi connectivity index (χ1) is 8.15. The zero-order valence-corrected chi connectivity index (χ0v) is 9.24. The Morgan fingerprint density at radius 2 is 2.35 bits per heavy atom. The summed E-state index contributed by atoms with van der Waals surface area (Å²) in [6.07, 6.45) is 4.62. The Bertz CT molecular complexity index is 478. The molecule has 0 aromatic carbocycles. The van der Waals surface area contributed by atoms with Crippen LogP contribution >= 0.6 is 0 Å². The van der Waals surface area contributed by atoms with Gasteiger partial charge in [-0.3, -0.25) is 10.1 Å². The summed E-state index contributed by atoms with van der Waals surface area (Å²) in [5.41, 5.74) is 5.47. The van der Waals surface area contributed by atoms with Crippen LogP contribution in [0.15, 0.2) is 6.20 Å². The predicted octanol–water partition coefficient (Wildman–Crippen LogP) is 0.956. The minimum atomic E-state index is -0.444. The van der Waals surface area contributed by atoms with Crippen molar-refractivity contribution in [3.63, 3.8) is 0 Å². The van der Waals surface area contributed by atoms with Crippen molar-refractivity contribution >= 4 is 17.5 Å². The second kappa shape index (κ2) is 3.54. The summed E-state index contributed by atoms with van der Waals surface area (Å²) in [5, 5.41) is 11.0. The maximum absolute atomic E-state index is 11.0. The van der Waals surface area contributed by atoms with Gasteiger partial charge in [0.05, 0.1) is 4.92 Å². The fourth-order valence-corrected chi connectivity index (χ4v) is 2.90. The van der Waals surface area contributed by atoms with E-state index in [-0.39, 0.29) is 11.6 Å². The summed E-state index contributed by atoms with van der Waals surface area (Å²) in [5.74, 6) is 1.12. The lowest BCUT2D eigenvalue weighted by Crippen LogP contribution is -2.33. The molecule has 7 nitrogen and oxygen atoms in total. The predicted molar refractivity (Wildman–Crippen MR) is 61.6 cm³/mol. The molecular weight excluding hydrogens is 222 g/mol. The molecule has 0 spiro atoms. The first kappa shape index (κ1) is 10.2. The Morgan fingerprint density at radius 3 is 2.94 bits per heavy atom. The Morgan fingerprint density at radius 1 is 1.53 bits per heavy atom. The number of hydrogen-bond donors (Lipinski definition) is 1. The third-order valence-electron chi connectivity index (χ3n) is 3.65. The molecule has 17 heavy (non-hydrogen) atoms. The average molecular weight is 235 g/mol. The third kappa shape index (κ3) is 1.58. The number of nitrogens with zero attached hydrogens (tertiary/aromatic N) is 4. The molecule has 1 aromatic rings. The van der Waals surface area contributed by atoms with Crippen LogP contribution in [-0.4, -0.2) is 27.5 Å². The Labute approximate surface area is 97.8 Å². The highest BCUT2D eigenvalue weighted by atomic mass is 16.6. The van der Waals surface area contributed by atoms with Gasteiger partial charge in [0, 0.05) is 12.6 Å². The highest BCUT2D eigenvalue weighted by Gasteiger charge is 2.41. The highest BCUT2D eigenvalue weighted by Crippen LogP contribution is 2.42. The summed E-state index contributed by atoms with van der Waals surface area (Å²) in [6, 6.07) is 0.382. The van der Waals surface area contributed by atoms with Crippen LogP contribution in [0.3, 0.4) is 0 Å². The first-order valence-electron chi connectivity index (χ1n) is 5.68. The van der Waals surface area contributed by atoms with Crippen molar-refractivity contribution in [2.75, 3.05) is 17.2 Å². The normalized spacial score (nSPS) is 26.5. The molecule has 2 atom stereocenters. The fraction of sp³-hybridized carbons (Fsp3) is 0.600. The monoisotopic (exact) mass is 235 g/mol. The number of nitro groups is 1. The van der Waals surface area contributed by atoms with Crippen LogP contribution in [0.5, 0.6) is 0 Å². The van der Waals surface area contributed by atoms with Crippen LogP contribution in [0.4, 0.5) is 17.5 Å². The molecule has 7 heteroatoms. The first-order valence-corrected chi connectivity index (χ1v) is 5.68. The Kier molecular flexibility index (Phi) is 2.13. The summed E-state index contributed by atoms with van der Waals surface area (Å²) in [7, 11) is 0. The summed E-state index contributed by atoms with van der Waals surface area (Å²) >= 11 is 0. The van der Waals surface area contributed by atoms with Crippen LogP contribution in [0.2, 0.25) is 0 Å². The van der Waals surface area contributed by atoms with Gasteiger partial charge in [0.15, 0.2) is 0 Å². The largest absolute Gasteiger partial charge is 0.368 e. The zero-order chi connectivity index (χ0) is 12.0. The molecule has 90 valence electrons. The van der Waals surface area contributed by atoms with Crippen LogP contribution < -0.4 is 10.6 Å². The third-order valence-corrected chi connectivity index (χ3v) is 3.65. The van der Waals surface area contributed by atoms with E-state index in [1.54, 1.807) is 0 Å². The molecule has 2 bridgehead atoms. The molecule has 2 unspecified atom stereocenters. The lowest BCUT2D eigenvalue weighted by atomic mass is 10.1. The highest BCUT2D eigenvalue weighted by molar-refractivity contribution is 5.60. The van der Waals surface area contributed by atoms with Crippen molar-refractivity contribution in [1.29, 1.82) is 0 Å². The number of rotatable bonds is 2. The van der Waals surface area contributed by atoms with Crippen molar-refractivity contribution < 1.29 is 4.92 Å². The fourth-order valence-electron chi connectivity index (χ4n) is 2.90. The second-order valence-electron chi connectivity index (χ2n) is 4.68. The van der Waals surface area contributed by atoms with Crippen LogP contribution in [-0.2, 0) is 0 Å². The molecule has 1 saturated carbocycles. The number of aromatic nitrogens is 2. The average Bonchev–Trinajstić information content (AvgIpc) is 2.90. The molecule has 3 rings (SSSR count). The van der Waals surface area contributed by atoms with E-state index in [1.807, 2.05) is 4.90 Å². The lowest BCUT2D eigenvalue weighted by Gasteiger charge is -2.27. The van der Waals surface area contributed by atoms with E-state index in [0.29, 0.717) is 17.8 Å². The van der Waals surface area contributed by atoms with Gasteiger partial charge >= 0.3 is 5.69 Å². The molecular formula is C10H13N5O2. The topological polar surface area (TPSA) is 98.2 Å². The summed E-state index contributed by atoms with van der Waals surface area (Å²) < 4.78 is 0. The van der Waals surface area contributed by atoms with Gasteiger partial charge in [0.2, 0.25) is 11.8 Å². The minimum Gasteiger partial charge on any atom is -0.368 e. The van der Waals surface area contributed by atoms with Crippen LogP contribution in [0.25, 0.3) is 0 Å². The number of hydrogen-bond acceptors (Lipinski definition) is 6.